The molecule has 0 aliphatic carbocycles. The monoisotopic (exact) mass is 355 g/mol. The Kier molecular flexibility index (Phi) is 9.18. The first-order valence-electron chi connectivity index (χ1n) is 7.52. The number of aliphatic carboxylic acids is 1. The summed E-state index contributed by atoms with van der Waals surface area (Å²) in [5.41, 5.74) is 8.75. The highest BCUT2D eigenvalue weighted by Gasteiger charge is 2.21. The van der Waals surface area contributed by atoms with Crippen molar-refractivity contribution in [2.24, 2.45) is 0 Å². The molecule has 2 aromatic carbocycles. The zero-order chi connectivity index (χ0) is 19.2. The molecule has 0 aliphatic heterocycles. The lowest BCUT2D eigenvalue weighted by Crippen LogP contribution is -2.42. The van der Waals surface area contributed by atoms with E-state index in [1.165, 1.54) is 0 Å². The van der Waals surface area contributed by atoms with Crippen molar-refractivity contribution in [3.8, 4) is 0 Å². The number of isocyanates is 1. The molecule has 1 atom stereocenters. The smallest absolute Gasteiger partial charge is 0.480 e. The maximum Gasteiger partial charge on any atom is 0.557 e. The Morgan fingerprint density at radius 2 is 1.58 bits per heavy atom. The fourth-order valence-corrected chi connectivity index (χ4v) is 1.96. The largest absolute Gasteiger partial charge is 0.557 e. The summed E-state index contributed by atoms with van der Waals surface area (Å²) in [6.07, 6.45) is 0.323. The van der Waals surface area contributed by atoms with Crippen molar-refractivity contribution in [3.05, 3.63) is 77.3 Å². The van der Waals surface area contributed by atoms with Crippen LogP contribution in [-0.4, -0.2) is 34.1 Å². The fourth-order valence-electron chi connectivity index (χ4n) is 1.96. The highest BCUT2D eigenvalue weighted by molar-refractivity contribution is 5.80. The van der Waals surface area contributed by atoms with E-state index in [9.17, 15) is 14.7 Å². The number of nitrogens with one attached hydrogen (secondary N) is 1. The number of amides is 1. The van der Waals surface area contributed by atoms with E-state index in [2.05, 4.69) is 5.32 Å². The minimum Gasteiger partial charge on any atom is -0.480 e. The molecule has 0 fully saturated rings. The second-order valence-corrected chi connectivity index (χ2v) is 4.98. The van der Waals surface area contributed by atoms with Crippen LogP contribution >= 0.6 is 0 Å². The summed E-state index contributed by atoms with van der Waals surface area (Å²) in [7, 11) is 0. The highest BCUT2D eigenvalue weighted by atomic mass is 16.5. The van der Waals surface area contributed by atoms with Crippen LogP contribution in [0.4, 0.5) is 4.79 Å². The lowest BCUT2D eigenvalue weighted by atomic mass is 10.1. The van der Waals surface area contributed by atoms with E-state index in [4.69, 9.17) is 15.1 Å². The number of alkyl carbamates (subject to hydrolysis) is 1. The van der Waals surface area contributed by atoms with Crippen molar-refractivity contribution < 1.29 is 29.0 Å². The second kappa shape index (κ2) is 11.8. The fraction of sp³-hybridized carbons (Fsp3) is 0.167. The molecule has 134 valence electrons. The molecule has 26 heavy (non-hydrogen) atoms. The van der Waals surface area contributed by atoms with E-state index >= 15 is 0 Å². The molecule has 0 spiro atoms. The van der Waals surface area contributed by atoms with E-state index < -0.39 is 18.1 Å². The Bertz CT molecular complexity index is 760. The molecule has 0 radical (unpaired) electrons. The van der Waals surface area contributed by atoms with Crippen molar-refractivity contribution in [1.82, 2.24) is 5.32 Å². The highest BCUT2D eigenvalue weighted by Crippen LogP contribution is 2.05. The first kappa shape index (κ1) is 20.3. The maximum absolute atomic E-state index is 11.7. The number of carbonyl (C=O) groups excluding carboxylic acids is 2. The van der Waals surface area contributed by atoms with Gasteiger partial charge in [-0.05, 0) is 11.1 Å². The molecule has 0 aromatic heterocycles. The zero-order valence-corrected chi connectivity index (χ0v) is 13.7. The molecule has 0 aliphatic rings. The van der Waals surface area contributed by atoms with Gasteiger partial charge in [0, 0.05) is 6.42 Å². The molecular weight excluding hydrogens is 338 g/mol. The molecule has 0 saturated heterocycles. The maximum atomic E-state index is 11.7. The van der Waals surface area contributed by atoms with Gasteiger partial charge in [-0.25, -0.2) is 9.59 Å². The Morgan fingerprint density at radius 3 is 2.04 bits per heavy atom. The number of carboxylic acid groups (broad SMARTS) is 1. The summed E-state index contributed by atoms with van der Waals surface area (Å²) in [6, 6.07) is 17.3. The normalized spacial score (nSPS) is 10.2. The molecule has 2 N–H and O–H groups in total. The summed E-state index contributed by atoms with van der Waals surface area (Å²) in [5.74, 6) is -1.10. The van der Waals surface area contributed by atoms with Crippen LogP contribution in [-0.2, 0) is 27.4 Å². The van der Waals surface area contributed by atoms with E-state index in [0.29, 0.717) is 0 Å². The minimum absolute atomic E-state index is 0.102. The summed E-state index contributed by atoms with van der Waals surface area (Å²) in [6.45, 7) is 0.102. The Balaban J connectivity index is 0.000000765. The molecule has 8 heteroatoms. The van der Waals surface area contributed by atoms with Gasteiger partial charge in [0.1, 0.15) is 12.6 Å². The number of ether oxygens (including phenoxy) is 1. The van der Waals surface area contributed by atoms with Crippen LogP contribution in [0.3, 0.4) is 0 Å². The minimum atomic E-state index is -1.10. The number of nitrogens with zero attached hydrogens (tertiary/aromatic N) is 2. The third-order valence-corrected chi connectivity index (χ3v) is 3.13. The number of benzene rings is 2. The molecule has 0 heterocycles. The van der Waals surface area contributed by atoms with E-state index in [1.54, 1.807) is 0 Å². The topological polar surface area (TPSA) is 129 Å². The molecule has 8 nitrogen and oxygen atoms in total. The van der Waals surface area contributed by atoms with Crippen LogP contribution in [0.5, 0.6) is 0 Å². The average Bonchev–Trinajstić information content (AvgIpc) is 2.67. The SMILES string of the molecule is O=C(N[C@@H](Cc1ccccc1)C(=O)O)OCc1ccccc1.[N-]=[N+]=C=O. The van der Waals surface area contributed by atoms with E-state index in [0.717, 1.165) is 17.2 Å². The van der Waals surface area contributed by atoms with Gasteiger partial charge in [0.25, 0.3) is 0 Å². The summed E-state index contributed by atoms with van der Waals surface area (Å²) < 4.78 is 5.03. The molecule has 0 unspecified atom stereocenters. The first-order valence-corrected chi connectivity index (χ1v) is 7.52. The van der Waals surface area contributed by atoms with Gasteiger partial charge in [-0.1, -0.05) is 65.5 Å². The van der Waals surface area contributed by atoms with Crippen LogP contribution < -0.4 is 5.32 Å². The summed E-state index contributed by atoms with van der Waals surface area (Å²) >= 11 is 0. The Hall–Kier alpha value is -3.73. The zero-order valence-electron chi connectivity index (χ0n) is 13.7. The molecule has 0 saturated carbocycles. The number of hydrogen-bond donors (Lipinski definition) is 2. The van der Waals surface area contributed by atoms with Crippen LogP contribution in [0, 0.1) is 0 Å². The van der Waals surface area contributed by atoms with Crippen LogP contribution in [0.15, 0.2) is 60.7 Å². The molecule has 1 amide bonds. The second-order valence-electron chi connectivity index (χ2n) is 4.98. The van der Waals surface area contributed by atoms with E-state index in [-0.39, 0.29) is 13.0 Å². The van der Waals surface area contributed by atoms with Gasteiger partial charge in [0.2, 0.25) is 0 Å². The van der Waals surface area contributed by atoms with Gasteiger partial charge in [-0.3, -0.25) is 0 Å². The molecule has 2 rings (SSSR count). The van der Waals surface area contributed by atoms with Crippen molar-refractivity contribution in [1.29, 1.82) is 0 Å². The van der Waals surface area contributed by atoms with Crippen LogP contribution in [0.25, 0.3) is 5.53 Å². The summed E-state index contributed by atoms with van der Waals surface area (Å²) in [4.78, 5) is 33.5. The molecular formula is C18H17N3O5. The average molecular weight is 355 g/mol. The van der Waals surface area contributed by atoms with Crippen molar-refractivity contribution >= 4 is 18.1 Å². The van der Waals surface area contributed by atoms with Gasteiger partial charge in [0.15, 0.2) is 0 Å². The third-order valence-electron chi connectivity index (χ3n) is 3.13. The number of carbonyl (C=O) groups is 2. The number of rotatable bonds is 6. The van der Waals surface area contributed by atoms with Crippen molar-refractivity contribution in [3.63, 3.8) is 0 Å². The predicted octanol–water partition coefficient (Wildman–Crippen LogP) is 2.16. The van der Waals surface area contributed by atoms with Crippen LogP contribution in [0.1, 0.15) is 11.1 Å². The molecule has 0 bridgehead atoms. The first-order chi connectivity index (χ1) is 12.6. The lowest BCUT2D eigenvalue weighted by molar-refractivity contribution is -0.139. The van der Waals surface area contributed by atoms with Crippen molar-refractivity contribution in [2.75, 3.05) is 0 Å². The van der Waals surface area contributed by atoms with Crippen LogP contribution in [0.2, 0.25) is 0 Å². The third kappa shape index (κ3) is 8.21. The van der Waals surface area contributed by atoms with Gasteiger partial charge < -0.3 is 20.7 Å². The lowest BCUT2D eigenvalue weighted by Gasteiger charge is -2.14. The Morgan fingerprint density at radius 1 is 1.08 bits per heavy atom. The van der Waals surface area contributed by atoms with Gasteiger partial charge in [0.05, 0.1) is 0 Å². The van der Waals surface area contributed by atoms with Crippen molar-refractivity contribution in [2.45, 2.75) is 19.1 Å². The Labute approximate surface area is 149 Å². The number of carboxylic acids is 1. The van der Waals surface area contributed by atoms with Gasteiger partial charge >= 0.3 is 18.1 Å². The quantitative estimate of drug-likeness (QED) is 0.355. The predicted molar refractivity (Wildman–Crippen MR) is 90.6 cm³/mol. The van der Waals surface area contributed by atoms with Gasteiger partial charge in [-0.2, -0.15) is 0 Å². The number of hydrogen-bond acceptors (Lipinski definition) is 4. The molecule has 2 aromatic rings. The van der Waals surface area contributed by atoms with E-state index in [1.807, 2.05) is 65.5 Å². The summed E-state index contributed by atoms with van der Waals surface area (Å²) in [5, 5.41) is 11.6. The van der Waals surface area contributed by atoms with Gasteiger partial charge in [-0.15, -0.1) is 4.79 Å². The standard InChI is InChI=1S/C17H17NO4.CN2O/c19-16(20)15(11-13-7-3-1-4-8-13)18-17(21)22-12-14-9-5-2-6-10-14;2-3-1-4/h1-10,15H,11-12H2,(H,18,21)(H,19,20);/t15-;/m0./s1.